The molecule has 0 bridgehead atoms. The summed E-state index contributed by atoms with van der Waals surface area (Å²) in [6, 6.07) is -0.0486. The molecule has 1 amide bonds. The number of aromatic nitrogens is 1. The third-order valence-electron chi connectivity index (χ3n) is 1.87. The fraction of sp³-hybridized carbons (Fsp3) is 0.444. The first-order valence-electron chi connectivity index (χ1n) is 4.68. The van der Waals surface area contributed by atoms with Crippen LogP contribution in [0, 0.1) is 0 Å². The van der Waals surface area contributed by atoms with Gasteiger partial charge in [-0.15, -0.1) is 11.3 Å². The number of rotatable bonds is 6. The Hall–Kier alpha value is -1.47. The van der Waals surface area contributed by atoms with Crippen LogP contribution in [0.1, 0.15) is 28.8 Å². The molecule has 0 fully saturated rings. The molecule has 0 aliphatic heterocycles. The smallest absolute Gasteiger partial charge is 0.365 e. The molecule has 0 saturated heterocycles. The van der Waals surface area contributed by atoms with Crippen molar-refractivity contribution in [3.63, 3.8) is 0 Å². The van der Waals surface area contributed by atoms with Gasteiger partial charge in [-0.1, -0.05) is 0 Å². The summed E-state index contributed by atoms with van der Waals surface area (Å²) >= 11 is 1.08. The minimum atomic E-state index is -1.03. The van der Waals surface area contributed by atoms with Gasteiger partial charge in [0.1, 0.15) is 0 Å². The van der Waals surface area contributed by atoms with Gasteiger partial charge in [0.25, 0.3) is 0 Å². The topological polar surface area (TPSA) is 105 Å². The summed E-state index contributed by atoms with van der Waals surface area (Å²) in [7, 11) is 0. The molecule has 1 rings (SSSR count). The Morgan fingerprint density at radius 2 is 2.38 bits per heavy atom. The van der Waals surface area contributed by atoms with Gasteiger partial charge in [0, 0.05) is 24.4 Å². The molecule has 0 saturated carbocycles. The molecule has 16 heavy (non-hydrogen) atoms. The highest BCUT2D eigenvalue weighted by molar-refractivity contribution is 7.11. The van der Waals surface area contributed by atoms with Gasteiger partial charge in [0.15, 0.2) is 0 Å². The molecular formula is C9H13N3O3S. The highest BCUT2D eigenvalue weighted by Gasteiger charge is 2.10. The summed E-state index contributed by atoms with van der Waals surface area (Å²) < 4.78 is 0. The number of primary amides is 1. The number of aromatic carboxylic acids is 1. The minimum absolute atomic E-state index is 0.0486. The number of carboxylic acids is 1. The lowest BCUT2D eigenvalue weighted by Gasteiger charge is -2.09. The molecule has 88 valence electrons. The van der Waals surface area contributed by atoms with Gasteiger partial charge in [0.05, 0.1) is 5.69 Å². The van der Waals surface area contributed by atoms with E-state index in [9.17, 15) is 9.59 Å². The maximum atomic E-state index is 10.6. The molecule has 4 N–H and O–H groups in total. The van der Waals surface area contributed by atoms with Crippen LogP contribution >= 0.6 is 11.3 Å². The van der Waals surface area contributed by atoms with E-state index in [1.54, 1.807) is 5.38 Å². The largest absolute Gasteiger partial charge is 0.476 e. The molecule has 1 aromatic rings. The quantitative estimate of drug-likeness (QED) is 0.661. The van der Waals surface area contributed by atoms with E-state index in [0.717, 1.165) is 11.3 Å². The monoisotopic (exact) mass is 243 g/mol. The fourth-order valence-electron chi connectivity index (χ4n) is 1.14. The van der Waals surface area contributed by atoms with Gasteiger partial charge in [-0.25, -0.2) is 9.78 Å². The number of carboxylic acid groups (broad SMARTS) is 1. The van der Waals surface area contributed by atoms with Crippen molar-refractivity contribution in [2.24, 2.45) is 5.73 Å². The first-order chi connectivity index (χ1) is 7.49. The van der Waals surface area contributed by atoms with Crippen LogP contribution in [0.25, 0.3) is 0 Å². The van der Waals surface area contributed by atoms with E-state index in [4.69, 9.17) is 10.8 Å². The van der Waals surface area contributed by atoms with Gasteiger partial charge in [-0.3, -0.25) is 4.79 Å². The number of hydrogen-bond acceptors (Lipinski definition) is 5. The zero-order valence-corrected chi connectivity index (χ0v) is 9.58. The Balaban J connectivity index is 2.42. The number of amides is 1. The predicted molar refractivity (Wildman–Crippen MR) is 59.2 cm³/mol. The molecule has 0 radical (unpaired) electrons. The first kappa shape index (κ1) is 12.6. The van der Waals surface area contributed by atoms with Crippen molar-refractivity contribution in [1.29, 1.82) is 0 Å². The Kier molecular flexibility index (Phi) is 4.39. The molecule has 1 heterocycles. The van der Waals surface area contributed by atoms with Crippen LogP contribution in [0.4, 0.5) is 0 Å². The van der Waals surface area contributed by atoms with Crippen LogP contribution in [0.15, 0.2) is 5.38 Å². The van der Waals surface area contributed by atoms with Crippen LogP contribution in [0.2, 0.25) is 0 Å². The number of carbonyl (C=O) groups is 2. The average molecular weight is 243 g/mol. The third kappa shape index (κ3) is 3.95. The molecular weight excluding hydrogens is 230 g/mol. The zero-order valence-electron chi connectivity index (χ0n) is 8.77. The Bertz CT molecular complexity index is 391. The van der Waals surface area contributed by atoms with E-state index in [1.807, 2.05) is 6.92 Å². The molecule has 0 aromatic carbocycles. The molecule has 1 unspecified atom stereocenters. The molecule has 1 aromatic heterocycles. The van der Waals surface area contributed by atoms with Crippen molar-refractivity contribution in [2.75, 3.05) is 0 Å². The van der Waals surface area contributed by atoms with Crippen LogP contribution in [0.5, 0.6) is 0 Å². The number of nitrogens with zero attached hydrogens (tertiary/aromatic N) is 1. The van der Waals surface area contributed by atoms with Crippen molar-refractivity contribution < 1.29 is 14.7 Å². The van der Waals surface area contributed by atoms with E-state index >= 15 is 0 Å². The molecule has 7 heteroatoms. The number of carbonyl (C=O) groups excluding carboxylic acids is 1. The van der Waals surface area contributed by atoms with Gasteiger partial charge < -0.3 is 16.2 Å². The summed E-state index contributed by atoms with van der Waals surface area (Å²) in [5.74, 6) is -1.40. The van der Waals surface area contributed by atoms with E-state index in [1.165, 1.54) is 0 Å². The maximum Gasteiger partial charge on any atom is 0.365 e. The van der Waals surface area contributed by atoms with Crippen molar-refractivity contribution in [1.82, 2.24) is 10.3 Å². The predicted octanol–water partition coefficient (Wildman–Crippen LogP) is 0.195. The van der Waals surface area contributed by atoms with Crippen molar-refractivity contribution in [3.05, 3.63) is 16.1 Å². The van der Waals surface area contributed by atoms with Crippen molar-refractivity contribution in [3.8, 4) is 0 Å². The molecule has 6 nitrogen and oxygen atoms in total. The van der Waals surface area contributed by atoms with E-state index in [-0.39, 0.29) is 23.4 Å². The number of thiazole rings is 1. The molecule has 0 aliphatic carbocycles. The lowest BCUT2D eigenvalue weighted by atomic mass is 10.2. The Morgan fingerprint density at radius 1 is 1.69 bits per heavy atom. The maximum absolute atomic E-state index is 10.6. The van der Waals surface area contributed by atoms with Crippen molar-refractivity contribution >= 4 is 23.2 Å². The van der Waals surface area contributed by atoms with Crippen LogP contribution < -0.4 is 11.1 Å². The highest BCUT2D eigenvalue weighted by atomic mass is 32.1. The number of nitrogens with two attached hydrogens (primary N) is 1. The second kappa shape index (κ2) is 5.57. The number of nitrogens with one attached hydrogen (secondary N) is 1. The van der Waals surface area contributed by atoms with Crippen LogP contribution in [-0.4, -0.2) is 28.0 Å². The lowest BCUT2D eigenvalue weighted by molar-refractivity contribution is -0.118. The summed E-state index contributed by atoms with van der Waals surface area (Å²) in [5.41, 5.74) is 5.69. The third-order valence-corrected chi connectivity index (χ3v) is 2.75. The average Bonchev–Trinajstić information content (AvgIpc) is 2.61. The minimum Gasteiger partial charge on any atom is -0.476 e. The SMILES string of the molecule is CC(CC(N)=O)NCc1csc(C(=O)O)n1. The Labute approximate surface area is 96.5 Å². The summed E-state index contributed by atoms with van der Waals surface area (Å²) in [5, 5.41) is 13.4. The normalized spacial score (nSPS) is 12.3. The van der Waals surface area contributed by atoms with Crippen LogP contribution in [0.3, 0.4) is 0 Å². The number of hydrogen-bond donors (Lipinski definition) is 3. The Morgan fingerprint density at radius 3 is 2.88 bits per heavy atom. The first-order valence-corrected chi connectivity index (χ1v) is 5.56. The van der Waals surface area contributed by atoms with E-state index in [0.29, 0.717) is 12.2 Å². The van der Waals surface area contributed by atoms with Crippen LogP contribution in [-0.2, 0) is 11.3 Å². The highest BCUT2D eigenvalue weighted by Crippen LogP contribution is 2.09. The summed E-state index contributed by atoms with van der Waals surface area (Å²) in [4.78, 5) is 25.1. The van der Waals surface area contributed by atoms with E-state index in [2.05, 4.69) is 10.3 Å². The summed E-state index contributed by atoms with van der Waals surface area (Å²) in [6.45, 7) is 2.26. The van der Waals surface area contributed by atoms with Crippen molar-refractivity contribution in [2.45, 2.75) is 25.9 Å². The van der Waals surface area contributed by atoms with E-state index < -0.39 is 5.97 Å². The lowest BCUT2D eigenvalue weighted by Crippen LogP contribution is -2.30. The second-order valence-corrected chi connectivity index (χ2v) is 4.26. The molecule has 0 aliphatic rings. The zero-order chi connectivity index (χ0) is 12.1. The van der Waals surface area contributed by atoms with Gasteiger partial charge >= 0.3 is 5.97 Å². The standard InChI is InChI=1S/C9H13N3O3S/c1-5(2-7(10)13)11-3-6-4-16-8(12-6)9(14)15/h4-5,11H,2-3H2,1H3,(H2,10,13)(H,14,15). The second-order valence-electron chi connectivity index (χ2n) is 3.40. The molecule has 1 atom stereocenters. The van der Waals surface area contributed by atoms with Gasteiger partial charge in [-0.2, -0.15) is 0 Å². The van der Waals surface area contributed by atoms with Gasteiger partial charge in [-0.05, 0) is 6.92 Å². The fourth-order valence-corrected chi connectivity index (χ4v) is 1.79. The molecule has 0 spiro atoms. The van der Waals surface area contributed by atoms with Gasteiger partial charge in [0.2, 0.25) is 10.9 Å². The summed E-state index contributed by atoms with van der Waals surface area (Å²) in [6.07, 6.45) is 0.246.